The van der Waals surface area contributed by atoms with Gasteiger partial charge < -0.3 is 9.80 Å². The molecular weight excluding hydrogens is 336 g/mol. The van der Waals surface area contributed by atoms with Crippen LogP contribution in [0.1, 0.15) is 49.4 Å². The van der Waals surface area contributed by atoms with Crippen LogP contribution in [0.25, 0.3) is 0 Å². The first-order valence-corrected chi connectivity index (χ1v) is 9.80. The van der Waals surface area contributed by atoms with Crippen molar-refractivity contribution in [3.63, 3.8) is 0 Å². The molecule has 25 heavy (non-hydrogen) atoms. The van der Waals surface area contributed by atoms with E-state index in [-0.39, 0.29) is 17.7 Å². The molecule has 2 unspecified atom stereocenters. The van der Waals surface area contributed by atoms with Crippen molar-refractivity contribution in [2.24, 2.45) is 11.8 Å². The Labute approximate surface area is 155 Å². The Bertz CT molecular complexity index is 617. The van der Waals surface area contributed by atoms with E-state index in [1.165, 1.54) is 6.42 Å². The SMILES string of the molecule is CCC1CCCN(C(=O)C2CCCN(C(=O)c3ccc(Cl)cc3)C2)C1. The number of likely N-dealkylation sites (tertiary alicyclic amines) is 2. The van der Waals surface area contributed by atoms with Crippen molar-refractivity contribution in [3.05, 3.63) is 34.9 Å². The van der Waals surface area contributed by atoms with Crippen molar-refractivity contribution >= 4 is 23.4 Å². The van der Waals surface area contributed by atoms with Gasteiger partial charge in [0.05, 0.1) is 5.92 Å². The smallest absolute Gasteiger partial charge is 0.253 e. The standard InChI is InChI=1S/C20H27ClN2O2/c1-2-15-5-3-11-22(13-15)20(25)17-6-4-12-23(14-17)19(24)16-7-9-18(21)10-8-16/h7-10,15,17H,2-6,11-14H2,1H3. The van der Waals surface area contributed by atoms with Gasteiger partial charge in [-0.2, -0.15) is 0 Å². The highest BCUT2D eigenvalue weighted by molar-refractivity contribution is 6.30. The zero-order chi connectivity index (χ0) is 17.8. The number of piperidine rings is 2. The summed E-state index contributed by atoms with van der Waals surface area (Å²) in [6.07, 6.45) is 5.24. The zero-order valence-corrected chi connectivity index (χ0v) is 15.7. The van der Waals surface area contributed by atoms with Gasteiger partial charge in [0.25, 0.3) is 5.91 Å². The fourth-order valence-corrected chi connectivity index (χ4v) is 4.12. The summed E-state index contributed by atoms with van der Waals surface area (Å²) in [5.41, 5.74) is 0.640. The number of amides is 2. The van der Waals surface area contributed by atoms with Gasteiger partial charge in [0.1, 0.15) is 0 Å². The van der Waals surface area contributed by atoms with E-state index in [9.17, 15) is 9.59 Å². The Kier molecular flexibility index (Phi) is 6.00. The molecule has 0 aromatic heterocycles. The fraction of sp³-hybridized carbons (Fsp3) is 0.600. The summed E-state index contributed by atoms with van der Waals surface area (Å²) in [4.78, 5) is 29.5. The monoisotopic (exact) mass is 362 g/mol. The van der Waals surface area contributed by atoms with Crippen LogP contribution >= 0.6 is 11.6 Å². The zero-order valence-electron chi connectivity index (χ0n) is 14.9. The van der Waals surface area contributed by atoms with Gasteiger partial charge in [-0.25, -0.2) is 0 Å². The van der Waals surface area contributed by atoms with Gasteiger partial charge in [0.2, 0.25) is 5.91 Å². The minimum atomic E-state index is -0.0550. The van der Waals surface area contributed by atoms with Gasteiger partial charge in [-0.15, -0.1) is 0 Å². The minimum Gasteiger partial charge on any atom is -0.342 e. The van der Waals surface area contributed by atoms with Crippen molar-refractivity contribution in [2.45, 2.75) is 39.0 Å². The number of hydrogen-bond donors (Lipinski definition) is 0. The normalized spacial score (nSPS) is 24.2. The van der Waals surface area contributed by atoms with E-state index in [1.54, 1.807) is 24.3 Å². The average Bonchev–Trinajstić information content (AvgIpc) is 2.67. The lowest BCUT2D eigenvalue weighted by Crippen LogP contribution is -2.49. The van der Waals surface area contributed by atoms with Crippen LogP contribution < -0.4 is 0 Å². The number of carbonyl (C=O) groups is 2. The van der Waals surface area contributed by atoms with Crippen molar-refractivity contribution in [3.8, 4) is 0 Å². The van der Waals surface area contributed by atoms with Gasteiger partial charge >= 0.3 is 0 Å². The molecule has 5 heteroatoms. The van der Waals surface area contributed by atoms with E-state index in [1.807, 2.05) is 9.80 Å². The number of nitrogens with zero attached hydrogens (tertiary/aromatic N) is 2. The predicted molar refractivity (Wildman–Crippen MR) is 99.7 cm³/mol. The second-order valence-corrected chi connectivity index (χ2v) is 7.73. The molecule has 2 amide bonds. The predicted octanol–water partition coefficient (Wildman–Crippen LogP) is 3.84. The first-order chi connectivity index (χ1) is 12.1. The van der Waals surface area contributed by atoms with Gasteiger partial charge in [0, 0.05) is 36.8 Å². The molecule has 4 nitrogen and oxygen atoms in total. The molecular formula is C20H27ClN2O2. The summed E-state index contributed by atoms with van der Waals surface area (Å²) in [6, 6.07) is 6.99. The van der Waals surface area contributed by atoms with E-state index in [0.717, 1.165) is 45.3 Å². The maximum absolute atomic E-state index is 12.9. The molecule has 2 heterocycles. The van der Waals surface area contributed by atoms with Crippen LogP contribution in [0, 0.1) is 11.8 Å². The lowest BCUT2D eigenvalue weighted by atomic mass is 9.92. The molecule has 2 saturated heterocycles. The fourth-order valence-electron chi connectivity index (χ4n) is 3.99. The first-order valence-electron chi connectivity index (χ1n) is 9.42. The number of hydrogen-bond acceptors (Lipinski definition) is 2. The van der Waals surface area contributed by atoms with Crippen LogP contribution in [0.15, 0.2) is 24.3 Å². The van der Waals surface area contributed by atoms with E-state index in [2.05, 4.69) is 6.92 Å². The summed E-state index contributed by atoms with van der Waals surface area (Å²) in [5, 5.41) is 0.624. The van der Waals surface area contributed by atoms with E-state index < -0.39 is 0 Å². The summed E-state index contributed by atoms with van der Waals surface area (Å²) in [6.45, 7) is 5.22. The first kappa shape index (κ1) is 18.2. The van der Waals surface area contributed by atoms with Crippen LogP contribution in [-0.4, -0.2) is 47.8 Å². The number of halogens is 1. The second kappa shape index (κ2) is 8.22. The Morgan fingerprint density at radius 3 is 2.44 bits per heavy atom. The molecule has 3 rings (SSSR count). The highest BCUT2D eigenvalue weighted by Crippen LogP contribution is 2.25. The Morgan fingerprint density at radius 2 is 1.72 bits per heavy atom. The molecule has 0 N–H and O–H groups in total. The Hall–Kier alpha value is -1.55. The number of benzene rings is 1. The second-order valence-electron chi connectivity index (χ2n) is 7.30. The van der Waals surface area contributed by atoms with Crippen LogP contribution in [-0.2, 0) is 4.79 Å². The van der Waals surface area contributed by atoms with E-state index in [4.69, 9.17) is 11.6 Å². The molecule has 2 fully saturated rings. The van der Waals surface area contributed by atoms with Crippen molar-refractivity contribution in [2.75, 3.05) is 26.2 Å². The molecule has 0 bridgehead atoms. The van der Waals surface area contributed by atoms with Crippen LogP contribution in [0.3, 0.4) is 0 Å². The molecule has 2 atom stereocenters. The topological polar surface area (TPSA) is 40.6 Å². The minimum absolute atomic E-state index is 0.000699. The maximum Gasteiger partial charge on any atom is 0.253 e. The van der Waals surface area contributed by atoms with Crippen LogP contribution in [0.5, 0.6) is 0 Å². The van der Waals surface area contributed by atoms with Crippen LogP contribution in [0.2, 0.25) is 5.02 Å². The maximum atomic E-state index is 12.9. The van der Waals surface area contributed by atoms with Crippen molar-refractivity contribution < 1.29 is 9.59 Å². The molecule has 0 aliphatic carbocycles. The van der Waals surface area contributed by atoms with Gasteiger partial charge in [0.15, 0.2) is 0 Å². The van der Waals surface area contributed by atoms with Gasteiger partial charge in [-0.3, -0.25) is 9.59 Å². The summed E-state index contributed by atoms with van der Waals surface area (Å²) < 4.78 is 0. The van der Waals surface area contributed by atoms with Gasteiger partial charge in [-0.05, 0) is 55.9 Å². The summed E-state index contributed by atoms with van der Waals surface area (Å²) >= 11 is 5.90. The number of rotatable bonds is 3. The average molecular weight is 363 g/mol. The molecule has 0 saturated carbocycles. The van der Waals surface area contributed by atoms with Gasteiger partial charge in [-0.1, -0.05) is 24.9 Å². The molecule has 0 radical (unpaired) electrons. The number of carbonyl (C=O) groups excluding carboxylic acids is 2. The molecule has 1 aromatic rings. The lowest BCUT2D eigenvalue weighted by Gasteiger charge is -2.38. The molecule has 2 aliphatic rings. The molecule has 1 aromatic carbocycles. The third-order valence-corrected chi connectivity index (χ3v) is 5.81. The lowest BCUT2D eigenvalue weighted by molar-refractivity contribution is -0.138. The Morgan fingerprint density at radius 1 is 1.04 bits per heavy atom. The summed E-state index contributed by atoms with van der Waals surface area (Å²) in [7, 11) is 0. The highest BCUT2D eigenvalue weighted by atomic mass is 35.5. The summed E-state index contributed by atoms with van der Waals surface area (Å²) in [5.74, 6) is 0.819. The van der Waals surface area contributed by atoms with E-state index >= 15 is 0 Å². The third kappa shape index (κ3) is 4.35. The molecule has 0 spiro atoms. The van der Waals surface area contributed by atoms with Crippen molar-refractivity contribution in [1.82, 2.24) is 9.80 Å². The van der Waals surface area contributed by atoms with Crippen molar-refractivity contribution in [1.29, 1.82) is 0 Å². The largest absolute Gasteiger partial charge is 0.342 e. The highest BCUT2D eigenvalue weighted by Gasteiger charge is 2.33. The third-order valence-electron chi connectivity index (χ3n) is 5.56. The molecule has 2 aliphatic heterocycles. The molecule has 136 valence electrons. The Balaban J connectivity index is 1.63. The van der Waals surface area contributed by atoms with Crippen LogP contribution in [0.4, 0.5) is 0 Å². The van der Waals surface area contributed by atoms with E-state index in [0.29, 0.717) is 23.0 Å². The quantitative estimate of drug-likeness (QED) is 0.819.